The van der Waals surface area contributed by atoms with Crippen LogP contribution in [-0.4, -0.2) is 84.1 Å². The van der Waals surface area contributed by atoms with Gasteiger partial charge in [0.15, 0.2) is 0 Å². The summed E-state index contributed by atoms with van der Waals surface area (Å²) >= 11 is 1.52. The molecule has 188 valence electrons. The standard InChI is InChI=1S/C25H28N6O4S/c1-33-22-5-3-18-24(30-22)23-15(13-35-19(23)10-27-18)11-31-6-7-34-17(12-31)9-26-8-16-2-4-20-25(28-16)29-21(32)14-36-20/h2-5,10,15,17,26H,6-9,11-14H2,1H3,(H,28,29,32)/t15-,17-/m0/s1. The maximum atomic E-state index is 11.6. The van der Waals surface area contributed by atoms with Gasteiger partial charge in [0.1, 0.15) is 17.1 Å². The summed E-state index contributed by atoms with van der Waals surface area (Å²) in [6, 6.07) is 7.80. The number of fused-ring (bicyclic) bond motifs is 4. The Kier molecular flexibility index (Phi) is 6.61. The Morgan fingerprint density at radius 3 is 3.14 bits per heavy atom. The minimum Gasteiger partial charge on any atom is -0.491 e. The van der Waals surface area contributed by atoms with E-state index in [0.29, 0.717) is 37.2 Å². The highest BCUT2D eigenvalue weighted by Gasteiger charge is 2.31. The van der Waals surface area contributed by atoms with Crippen molar-refractivity contribution in [2.45, 2.75) is 23.5 Å². The van der Waals surface area contributed by atoms with E-state index in [9.17, 15) is 4.79 Å². The SMILES string of the molecule is COc1ccc2ncc3c(c2n1)[C@@H](CN1CCO[C@@H](CNCc2ccc4c(n2)NC(=O)CS4)C1)CO3. The number of ether oxygens (including phenoxy) is 3. The Morgan fingerprint density at radius 2 is 2.22 bits per heavy atom. The minimum absolute atomic E-state index is 0.00438. The molecular formula is C25H28N6O4S. The van der Waals surface area contributed by atoms with Crippen LogP contribution in [0.2, 0.25) is 0 Å². The second-order valence-corrected chi connectivity index (χ2v) is 10.2. The van der Waals surface area contributed by atoms with E-state index in [4.69, 9.17) is 14.2 Å². The van der Waals surface area contributed by atoms with Gasteiger partial charge in [0.05, 0.1) is 54.5 Å². The van der Waals surface area contributed by atoms with Crippen molar-refractivity contribution in [3.05, 3.63) is 41.7 Å². The van der Waals surface area contributed by atoms with Crippen molar-refractivity contribution in [3.63, 3.8) is 0 Å². The molecule has 0 bridgehead atoms. The smallest absolute Gasteiger partial charge is 0.235 e. The van der Waals surface area contributed by atoms with E-state index in [2.05, 4.69) is 30.5 Å². The lowest BCUT2D eigenvalue weighted by Gasteiger charge is -2.34. The van der Waals surface area contributed by atoms with Gasteiger partial charge < -0.3 is 24.8 Å². The predicted molar refractivity (Wildman–Crippen MR) is 136 cm³/mol. The van der Waals surface area contributed by atoms with E-state index in [0.717, 1.165) is 59.1 Å². The van der Waals surface area contributed by atoms with Gasteiger partial charge in [-0.1, -0.05) is 0 Å². The van der Waals surface area contributed by atoms with Crippen molar-refractivity contribution >= 4 is 34.5 Å². The summed E-state index contributed by atoms with van der Waals surface area (Å²) in [5.74, 6) is 2.70. The van der Waals surface area contributed by atoms with Crippen LogP contribution in [0.3, 0.4) is 0 Å². The van der Waals surface area contributed by atoms with Gasteiger partial charge in [0.25, 0.3) is 0 Å². The lowest BCUT2D eigenvalue weighted by Crippen LogP contribution is -2.47. The number of thioether (sulfide) groups is 1. The summed E-state index contributed by atoms with van der Waals surface area (Å²) in [4.78, 5) is 28.9. The second-order valence-electron chi connectivity index (χ2n) is 9.13. The molecule has 0 radical (unpaired) electrons. The highest BCUT2D eigenvalue weighted by atomic mass is 32.2. The summed E-state index contributed by atoms with van der Waals surface area (Å²) in [6.45, 7) is 5.23. The fourth-order valence-electron chi connectivity index (χ4n) is 4.94. The molecule has 1 amide bonds. The molecule has 3 aliphatic heterocycles. The first kappa shape index (κ1) is 23.4. The Balaban J connectivity index is 1.06. The largest absolute Gasteiger partial charge is 0.491 e. The molecule has 0 saturated carbocycles. The molecule has 0 aromatic carbocycles. The van der Waals surface area contributed by atoms with Crippen LogP contribution in [-0.2, 0) is 16.1 Å². The second kappa shape index (κ2) is 10.2. The van der Waals surface area contributed by atoms with Gasteiger partial charge in [0, 0.05) is 50.3 Å². The molecular weight excluding hydrogens is 480 g/mol. The quantitative estimate of drug-likeness (QED) is 0.492. The van der Waals surface area contributed by atoms with Crippen LogP contribution in [0.15, 0.2) is 35.4 Å². The number of nitrogens with zero attached hydrogens (tertiary/aromatic N) is 4. The van der Waals surface area contributed by atoms with Crippen LogP contribution in [0.4, 0.5) is 5.82 Å². The minimum atomic E-state index is -0.00438. The molecule has 1 fully saturated rings. The zero-order valence-corrected chi connectivity index (χ0v) is 20.8. The molecule has 0 aliphatic carbocycles. The number of amides is 1. The number of pyridine rings is 3. The van der Waals surface area contributed by atoms with Gasteiger partial charge in [0.2, 0.25) is 11.8 Å². The molecule has 2 atom stereocenters. The van der Waals surface area contributed by atoms with E-state index < -0.39 is 0 Å². The molecule has 6 heterocycles. The molecule has 1 saturated heterocycles. The predicted octanol–water partition coefficient (Wildman–Crippen LogP) is 2.04. The molecule has 0 spiro atoms. The molecule has 3 aliphatic rings. The molecule has 2 N–H and O–H groups in total. The van der Waals surface area contributed by atoms with Crippen molar-refractivity contribution < 1.29 is 19.0 Å². The van der Waals surface area contributed by atoms with Crippen molar-refractivity contribution in [2.75, 3.05) is 57.6 Å². The highest BCUT2D eigenvalue weighted by Crippen LogP contribution is 2.38. The molecule has 3 aromatic rings. The van der Waals surface area contributed by atoms with Crippen LogP contribution in [0.25, 0.3) is 11.0 Å². The third-order valence-electron chi connectivity index (χ3n) is 6.66. The maximum Gasteiger partial charge on any atom is 0.235 e. The Bertz CT molecular complexity index is 1290. The van der Waals surface area contributed by atoms with Gasteiger partial charge in [-0.25, -0.2) is 9.97 Å². The molecule has 36 heavy (non-hydrogen) atoms. The number of nitrogens with one attached hydrogen (secondary N) is 2. The van der Waals surface area contributed by atoms with Gasteiger partial charge in [-0.2, -0.15) is 0 Å². The van der Waals surface area contributed by atoms with Gasteiger partial charge in [-0.05, 0) is 18.2 Å². The van der Waals surface area contributed by atoms with Crippen molar-refractivity contribution in [2.24, 2.45) is 0 Å². The van der Waals surface area contributed by atoms with E-state index in [1.807, 2.05) is 24.3 Å². The van der Waals surface area contributed by atoms with Crippen LogP contribution in [0.1, 0.15) is 17.2 Å². The molecule has 3 aromatic heterocycles. The van der Waals surface area contributed by atoms with Crippen LogP contribution >= 0.6 is 11.8 Å². The number of morpholine rings is 1. The first-order chi connectivity index (χ1) is 17.7. The van der Waals surface area contributed by atoms with E-state index in [1.54, 1.807) is 13.3 Å². The Hall–Kier alpha value is -2.99. The number of hydrogen-bond donors (Lipinski definition) is 2. The number of aromatic nitrogens is 3. The summed E-state index contributed by atoms with van der Waals surface area (Å²) < 4.78 is 17.3. The summed E-state index contributed by atoms with van der Waals surface area (Å²) in [6.07, 6.45) is 1.89. The molecule has 0 unspecified atom stereocenters. The normalized spacial score (nSPS) is 21.5. The van der Waals surface area contributed by atoms with E-state index in [1.165, 1.54) is 11.8 Å². The van der Waals surface area contributed by atoms with E-state index >= 15 is 0 Å². The van der Waals surface area contributed by atoms with Crippen LogP contribution in [0, 0.1) is 0 Å². The average Bonchev–Trinajstić information content (AvgIpc) is 3.31. The fraction of sp³-hybridized carbons (Fsp3) is 0.440. The van der Waals surface area contributed by atoms with Gasteiger partial charge >= 0.3 is 0 Å². The summed E-state index contributed by atoms with van der Waals surface area (Å²) in [7, 11) is 1.62. The number of anilines is 1. The first-order valence-corrected chi connectivity index (χ1v) is 13.1. The van der Waals surface area contributed by atoms with Gasteiger partial charge in [-0.15, -0.1) is 11.8 Å². The third kappa shape index (κ3) is 4.83. The first-order valence-electron chi connectivity index (χ1n) is 12.1. The number of rotatable bonds is 7. The lowest BCUT2D eigenvalue weighted by molar-refractivity contribution is -0.113. The topological polar surface area (TPSA) is 111 Å². The summed E-state index contributed by atoms with van der Waals surface area (Å²) in [5.41, 5.74) is 3.71. The van der Waals surface area contributed by atoms with Crippen LogP contribution in [0.5, 0.6) is 11.6 Å². The number of carbonyl (C=O) groups is 1. The number of methoxy groups -OCH3 is 1. The zero-order chi connectivity index (χ0) is 24.5. The Morgan fingerprint density at radius 1 is 1.28 bits per heavy atom. The van der Waals surface area contributed by atoms with Crippen LogP contribution < -0.4 is 20.1 Å². The molecule has 10 nitrogen and oxygen atoms in total. The molecule has 11 heteroatoms. The lowest BCUT2D eigenvalue weighted by atomic mass is 9.99. The summed E-state index contributed by atoms with van der Waals surface area (Å²) in [5, 5.41) is 6.31. The number of carbonyl (C=O) groups excluding carboxylic acids is 1. The maximum absolute atomic E-state index is 11.6. The Labute approximate surface area is 213 Å². The third-order valence-corrected chi connectivity index (χ3v) is 7.71. The monoisotopic (exact) mass is 508 g/mol. The van der Waals surface area contributed by atoms with Gasteiger partial charge in [-0.3, -0.25) is 14.7 Å². The van der Waals surface area contributed by atoms with Crippen molar-refractivity contribution in [1.29, 1.82) is 0 Å². The molecule has 6 rings (SSSR count). The number of hydrogen-bond acceptors (Lipinski definition) is 10. The van der Waals surface area contributed by atoms with Crippen molar-refractivity contribution in [1.82, 2.24) is 25.2 Å². The fourth-order valence-corrected chi connectivity index (χ4v) is 5.69. The van der Waals surface area contributed by atoms with E-state index in [-0.39, 0.29) is 17.9 Å². The average molecular weight is 509 g/mol. The van der Waals surface area contributed by atoms with Crippen molar-refractivity contribution in [3.8, 4) is 11.6 Å². The zero-order valence-electron chi connectivity index (χ0n) is 20.0. The highest BCUT2D eigenvalue weighted by molar-refractivity contribution is 8.00.